The quantitative estimate of drug-likeness (QED) is 0.722. The molecular formula is C16H23NO. The molecule has 0 atom stereocenters. The van der Waals surface area contributed by atoms with E-state index in [0.29, 0.717) is 0 Å². The van der Waals surface area contributed by atoms with Crippen LogP contribution in [0, 0.1) is 0 Å². The number of carbonyl (C=O) groups excluding carboxylic acids is 1. The van der Waals surface area contributed by atoms with Crippen molar-refractivity contribution in [1.82, 2.24) is 5.32 Å². The van der Waals surface area contributed by atoms with Crippen molar-refractivity contribution in [3.05, 3.63) is 41.5 Å². The van der Waals surface area contributed by atoms with Gasteiger partial charge in [-0.3, -0.25) is 4.79 Å². The first kappa shape index (κ1) is 14.5. The summed E-state index contributed by atoms with van der Waals surface area (Å²) in [7, 11) is 0. The summed E-state index contributed by atoms with van der Waals surface area (Å²) in [5.41, 5.74) is 1.88. The smallest absolute Gasteiger partial charge is 0.251 e. The lowest BCUT2D eigenvalue weighted by Crippen LogP contribution is -2.24. The predicted molar refractivity (Wildman–Crippen MR) is 77.6 cm³/mol. The molecule has 0 saturated heterocycles. The van der Waals surface area contributed by atoms with Crippen molar-refractivity contribution in [2.24, 2.45) is 0 Å². The summed E-state index contributed by atoms with van der Waals surface area (Å²) in [5, 5.41) is 2.91. The van der Waals surface area contributed by atoms with Crippen LogP contribution in [0.25, 0.3) is 6.08 Å². The second kappa shape index (κ2) is 8.51. The van der Waals surface area contributed by atoms with Crippen LogP contribution in [0.2, 0.25) is 0 Å². The van der Waals surface area contributed by atoms with E-state index >= 15 is 0 Å². The standard InChI is InChI=1S/C16H23NO/c1-3-5-7-8-14-9-11-15(12-10-14)16(18)17-13-6-4-2/h7-12H,3-6,13H2,1-2H3,(H,17,18). The van der Waals surface area contributed by atoms with Crippen molar-refractivity contribution in [2.45, 2.75) is 39.5 Å². The van der Waals surface area contributed by atoms with E-state index in [-0.39, 0.29) is 5.91 Å². The molecule has 18 heavy (non-hydrogen) atoms. The lowest BCUT2D eigenvalue weighted by Gasteiger charge is -2.04. The number of hydrogen-bond donors (Lipinski definition) is 1. The Morgan fingerprint density at radius 3 is 2.50 bits per heavy atom. The van der Waals surface area contributed by atoms with Crippen molar-refractivity contribution in [3.63, 3.8) is 0 Å². The molecule has 0 saturated carbocycles. The fourth-order valence-electron chi connectivity index (χ4n) is 1.61. The van der Waals surface area contributed by atoms with Crippen LogP contribution < -0.4 is 5.32 Å². The van der Waals surface area contributed by atoms with E-state index in [1.165, 1.54) is 0 Å². The normalized spacial score (nSPS) is 10.8. The molecule has 0 spiro atoms. The van der Waals surface area contributed by atoms with Gasteiger partial charge in [-0.05, 0) is 30.5 Å². The molecule has 0 heterocycles. The zero-order chi connectivity index (χ0) is 13.2. The highest BCUT2D eigenvalue weighted by molar-refractivity contribution is 5.94. The highest BCUT2D eigenvalue weighted by Gasteiger charge is 2.03. The van der Waals surface area contributed by atoms with E-state index in [1.54, 1.807) is 0 Å². The molecule has 0 aromatic heterocycles. The third-order valence-corrected chi connectivity index (χ3v) is 2.75. The third kappa shape index (κ3) is 5.17. The summed E-state index contributed by atoms with van der Waals surface area (Å²) in [6, 6.07) is 7.74. The van der Waals surface area contributed by atoms with E-state index in [1.807, 2.05) is 24.3 Å². The highest BCUT2D eigenvalue weighted by Crippen LogP contribution is 2.07. The van der Waals surface area contributed by atoms with Crippen LogP contribution in [-0.4, -0.2) is 12.5 Å². The SMILES string of the molecule is CCCC=Cc1ccc(C(=O)NCCCC)cc1. The molecule has 0 aliphatic heterocycles. The Balaban J connectivity index is 2.51. The number of allylic oxidation sites excluding steroid dienone is 1. The number of unbranched alkanes of at least 4 members (excludes halogenated alkanes) is 2. The number of rotatable bonds is 7. The monoisotopic (exact) mass is 245 g/mol. The number of carbonyl (C=O) groups is 1. The molecule has 0 unspecified atom stereocenters. The van der Waals surface area contributed by atoms with Crippen LogP contribution in [0.4, 0.5) is 0 Å². The second-order valence-corrected chi connectivity index (χ2v) is 4.42. The van der Waals surface area contributed by atoms with Gasteiger partial charge in [0, 0.05) is 12.1 Å². The molecular weight excluding hydrogens is 222 g/mol. The number of hydrogen-bond acceptors (Lipinski definition) is 1. The van der Waals surface area contributed by atoms with Crippen LogP contribution in [0.3, 0.4) is 0 Å². The highest BCUT2D eigenvalue weighted by atomic mass is 16.1. The van der Waals surface area contributed by atoms with Crippen LogP contribution in [-0.2, 0) is 0 Å². The molecule has 1 N–H and O–H groups in total. The Hall–Kier alpha value is -1.57. The van der Waals surface area contributed by atoms with E-state index in [2.05, 4.69) is 31.3 Å². The lowest BCUT2D eigenvalue weighted by molar-refractivity contribution is 0.0953. The topological polar surface area (TPSA) is 29.1 Å². The van der Waals surface area contributed by atoms with Crippen molar-refractivity contribution in [3.8, 4) is 0 Å². The lowest BCUT2D eigenvalue weighted by atomic mass is 10.1. The van der Waals surface area contributed by atoms with Gasteiger partial charge in [-0.25, -0.2) is 0 Å². The maximum absolute atomic E-state index is 11.8. The fraction of sp³-hybridized carbons (Fsp3) is 0.438. The van der Waals surface area contributed by atoms with E-state index < -0.39 is 0 Å². The summed E-state index contributed by atoms with van der Waals surface area (Å²) in [6.45, 7) is 5.03. The van der Waals surface area contributed by atoms with Gasteiger partial charge in [0.05, 0.1) is 0 Å². The summed E-state index contributed by atoms with van der Waals surface area (Å²) in [5.74, 6) is 0.0209. The molecule has 98 valence electrons. The number of benzene rings is 1. The molecule has 0 radical (unpaired) electrons. The zero-order valence-corrected chi connectivity index (χ0v) is 11.4. The Morgan fingerprint density at radius 1 is 1.17 bits per heavy atom. The summed E-state index contributed by atoms with van der Waals surface area (Å²) < 4.78 is 0. The number of amides is 1. The van der Waals surface area contributed by atoms with Gasteiger partial charge in [0.25, 0.3) is 5.91 Å². The second-order valence-electron chi connectivity index (χ2n) is 4.42. The van der Waals surface area contributed by atoms with Crippen LogP contribution >= 0.6 is 0 Å². The Kier molecular flexibility index (Phi) is 6.85. The van der Waals surface area contributed by atoms with Gasteiger partial charge >= 0.3 is 0 Å². The fourth-order valence-corrected chi connectivity index (χ4v) is 1.61. The first-order valence-electron chi connectivity index (χ1n) is 6.82. The van der Waals surface area contributed by atoms with Gasteiger partial charge in [0.15, 0.2) is 0 Å². The van der Waals surface area contributed by atoms with E-state index in [0.717, 1.165) is 43.4 Å². The Morgan fingerprint density at radius 2 is 1.89 bits per heavy atom. The van der Waals surface area contributed by atoms with E-state index in [4.69, 9.17) is 0 Å². The maximum Gasteiger partial charge on any atom is 0.251 e. The summed E-state index contributed by atoms with van der Waals surface area (Å²) >= 11 is 0. The maximum atomic E-state index is 11.8. The third-order valence-electron chi connectivity index (χ3n) is 2.75. The summed E-state index contributed by atoms with van der Waals surface area (Å²) in [6.07, 6.45) is 8.65. The van der Waals surface area contributed by atoms with Gasteiger partial charge in [-0.15, -0.1) is 0 Å². The molecule has 0 fully saturated rings. The average Bonchev–Trinajstić information content (AvgIpc) is 2.40. The van der Waals surface area contributed by atoms with Gasteiger partial charge in [0.1, 0.15) is 0 Å². The minimum Gasteiger partial charge on any atom is -0.352 e. The average molecular weight is 245 g/mol. The first-order valence-corrected chi connectivity index (χ1v) is 6.82. The van der Waals surface area contributed by atoms with Crippen molar-refractivity contribution < 1.29 is 4.79 Å². The minimum atomic E-state index is 0.0209. The summed E-state index contributed by atoms with van der Waals surface area (Å²) in [4.78, 5) is 11.8. The largest absolute Gasteiger partial charge is 0.352 e. The molecule has 1 aromatic rings. The first-order chi connectivity index (χ1) is 8.77. The Labute approximate surface area is 110 Å². The predicted octanol–water partition coefficient (Wildman–Crippen LogP) is 4.03. The van der Waals surface area contributed by atoms with Crippen LogP contribution in [0.15, 0.2) is 30.3 Å². The molecule has 1 amide bonds. The van der Waals surface area contributed by atoms with Crippen LogP contribution in [0.1, 0.15) is 55.5 Å². The van der Waals surface area contributed by atoms with Gasteiger partial charge in [-0.2, -0.15) is 0 Å². The Bertz CT molecular complexity index is 379. The number of nitrogens with one attached hydrogen (secondary N) is 1. The van der Waals surface area contributed by atoms with Gasteiger partial charge in [-0.1, -0.05) is 51.0 Å². The zero-order valence-electron chi connectivity index (χ0n) is 11.4. The molecule has 0 bridgehead atoms. The van der Waals surface area contributed by atoms with Crippen molar-refractivity contribution >= 4 is 12.0 Å². The molecule has 2 heteroatoms. The molecule has 1 rings (SSSR count). The molecule has 0 aliphatic rings. The molecule has 0 aliphatic carbocycles. The van der Waals surface area contributed by atoms with Crippen molar-refractivity contribution in [1.29, 1.82) is 0 Å². The minimum absolute atomic E-state index is 0.0209. The van der Waals surface area contributed by atoms with Crippen LogP contribution in [0.5, 0.6) is 0 Å². The molecule has 2 nitrogen and oxygen atoms in total. The van der Waals surface area contributed by atoms with Gasteiger partial charge in [0.2, 0.25) is 0 Å². The molecule has 1 aromatic carbocycles. The van der Waals surface area contributed by atoms with E-state index in [9.17, 15) is 4.79 Å². The van der Waals surface area contributed by atoms with Crippen molar-refractivity contribution in [2.75, 3.05) is 6.54 Å². The van der Waals surface area contributed by atoms with Gasteiger partial charge < -0.3 is 5.32 Å².